The molecule has 0 saturated heterocycles. The summed E-state index contributed by atoms with van der Waals surface area (Å²) >= 11 is 1.68. The Morgan fingerprint density at radius 1 is 1.12 bits per heavy atom. The Bertz CT molecular complexity index is 1010. The minimum Gasteiger partial charge on any atom is -0.324 e. The minimum atomic E-state index is 0.321. The van der Waals surface area contributed by atoms with Crippen LogP contribution in [0.1, 0.15) is 30.6 Å². The Morgan fingerprint density at radius 3 is 2.58 bits per heavy atom. The summed E-state index contributed by atoms with van der Waals surface area (Å²) in [5.41, 5.74) is 5.28. The van der Waals surface area contributed by atoms with Crippen molar-refractivity contribution in [2.24, 2.45) is 0 Å². The van der Waals surface area contributed by atoms with Crippen molar-refractivity contribution in [2.45, 2.75) is 33.4 Å². The predicted molar refractivity (Wildman–Crippen MR) is 105 cm³/mol. The molecule has 0 spiro atoms. The first-order valence-electron chi connectivity index (χ1n) is 8.68. The summed E-state index contributed by atoms with van der Waals surface area (Å²) < 4.78 is 4.15. The molecule has 0 N–H and O–H groups in total. The van der Waals surface area contributed by atoms with Crippen molar-refractivity contribution in [1.82, 2.24) is 24.3 Å². The average molecular weight is 363 g/mol. The molecule has 0 aliphatic heterocycles. The molecule has 3 heterocycles. The van der Waals surface area contributed by atoms with Gasteiger partial charge in [-0.15, -0.1) is 11.3 Å². The molecule has 5 nitrogen and oxygen atoms in total. The van der Waals surface area contributed by atoms with Crippen molar-refractivity contribution >= 4 is 11.3 Å². The van der Waals surface area contributed by atoms with Gasteiger partial charge in [-0.1, -0.05) is 30.3 Å². The normalized spacial score (nSPS) is 11.4. The van der Waals surface area contributed by atoms with Gasteiger partial charge < -0.3 is 4.57 Å². The number of rotatable bonds is 5. The molecule has 0 fully saturated rings. The lowest BCUT2D eigenvalue weighted by molar-refractivity contribution is 0.532. The SMILES string of the molecule is Cc1nc(Cn2cnc(-c3ccccc3)c2-c2cnn(C(C)C)c2)cs1. The molecule has 0 radical (unpaired) electrons. The molecule has 0 atom stereocenters. The first kappa shape index (κ1) is 16.7. The van der Waals surface area contributed by atoms with E-state index in [2.05, 4.69) is 52.2 Å². The van der Waals surface area contributed by atoms with Crippen LogP contribution in [-0.2, 0) is 6.54 Å². The van der Waals surface area contributed by atoms with Gasteiger partial charge >= 0.3 is 0 Å². The van der Waals surface area contributed by atoms with Gasteiger partial charge in [0.2, 0.25) is 0 Å². The van der Waals surface area contributed by atoms with Crippen LogP contribution in [0.15, 0.2) is 54.4 Å². The highest BCUT2D eigenvalue weighted by molar-refractivity contribution is 7.09. The molecule has 0 aliphatic carbocycles. The molecule has 4 aromatic rings. The summed E-state index contributed by atoms with van der Waals surface area (Å²) in [6, 6.07) is 10.6. The second-order valence-electron chi connectivity index (χ2n) is 6.60. The number of imidazole rings is 1. The highest BCUT2D eigenvalue weighted by Gasteiger charge is 2.17. The van der Waals surface area contributed by atoms with Crippen molar-refractivity contribution in [1.29, 1.82) is 0 Å². The smallest absolute Gasteiger partial charge is 0.0964 e. The van der Waals surface area contributed by atoms with Crippen LogP contribution in [0.4, 0.5) is 0 Å². The van der Waals surface area contributed by atoms with E-state index in [1.165, 1.54) is 0 Å². The van der Waals surface area contributed by atoms with Gasteiger partial charge in [0.15, 0.2) is 0 Å². The van der Waals surface area contributed by atoms with Gasteiger partial charge in [0.05, 0.1) is 41.2 Å². The molecular formula is C20H21N5S. The van der Waals surface area contributed by atoms with E-state index in [1.807, 2.05) is 42.3 Å². The molecule has 0 unspecified atom stereocenters. The molecule has 26 heavy (non-hydrogen) atoms. The van der Waals surface area contributed by atoms with Crippen LogP contribution in [0.2, 0.25) is 0 Å². The number of aryl methyl sites for hydroxylation is 1. The lowest BCUT2D eigenvalue weighted by Crippen LogP contribution is -2.02. The molecule has 6 heteroatoms. The Labute approximate surface area is 157 Å². The van der Waals surface area contributed by atoms with E-state index in [-0.39, 0.29) is 0 Å². The van der Waals surface area contributed by atoms with Crippen LogP contribution in [0.3, 0.4) is 0 Å². The Morgan fingerprint density at radius 2 is 1.92 bits per heavy atom. The third-order valence-electron chi connectivity index (χ3n) is 4.29. The first-order valence-corrected chi connectivity index (χ1v) is 9.56. The summed E-state index contributed by atoms with van der Waals surface area (Å²) in [5.74, 6) is 0. The maximum atomic E-state index is 4.72. The summed E-state index contributed by atoms with van der Waals surface area (Å²) in [6.07, 6.45) is 5.92. The largest absolute Gasteiger partial charge is 0.324 e. The van der Waals surface area contributed by atoms with Crippen molar-refractivity contribution in [2.75, 3.05) is 0 Å². The molecule has 1 aromatic carbocycles. The molecular weight excluding hydrogens is 342 g/mol. The quantitative estimate of drug-likeness (QED) is 0.511. The van der Waals surface area contributed by atoms with E-state index in [1.54, 1.807) is 11.3 Å². The van der Waals surface area contributed by atoms with Crippen LogP contribution in [-0.4, -0.2) is 24.3 Å². The lowest BCUT2D eigenvalue weighted by Gasteiger charge is -2.08. The maximum Gasteiger partial charge on any atom is 0.0964 e. The topological polar surface area (TPSA) is 48.5 Å². The second kappa shape index (κ2) is 6.88. The summed E-state index contributed by atoms with van der Waals surface area (Å²) in [5, 5.41) is 7.71. The Hall–Kier alpha value is -2.73. The molecule has 4 rings (SSSR count). The Kier molecular flexibility index (Phi) is 4.42. The van der Waals surface area contributed by atoms with Gasteiger partial charge in [-0.2, -0.15) is 5.10 Å². The molecule has 0 saturated carbocycles. The molecule has 0 aliphatic rings. The first-order chi connectivity index (χ1) is 12.6. The fourth-order valence-corrected chi connectivity index (χ4v) is 3.61. The molecule has 0 bridgehead atoms. The van der Waals surface area contributed by atoms with Crippen LogP contribution in [0.5, 0.6) is 0 Å². The predicted octanol–water partition coefficient (Wildman–Crippen LogP) is 4.81. The Balaban J connectivity index is 1.82. The van der Waals surface area contributed by atoms with Crippen LogP contribution < -0.4 is 0 Å². The minimum absolute atomic E-state index is 0.321. The monoisotopic (exact) mass is 363 g/mol. The van der Waals surface area contributed by atoms with E-state index in [0.717, 1.165) is 33.2 Å². The average Bonchev–Trinajstić information content (AvgIpc) is 3.35. The number of nitrogens with zero attached hydrogens (tertiary/aromatic N) is 5. The highest BCUT2D eigenvalue weighted by Crippen LogP contribution is 2.32. The number of hydrogen-bond acceptors (Lipinski definition) is 4. The molecule has 0 amide bonds. The second-order valence-corrected chi connectivity index (χ2v) is 7.66. The summed E-state index contributed by atoms with van der Waals surface area (Å²) in [4.78, 5) is 9.33. The van der Waals surface area contributed by atoms with Gasteiger partial charge in [0, 0.05) is 28.7 Å². The van der Waals surface area contributed by atoms with Crippen molar-refractivity contribution in [3.63, 3.8) is 0 Å². The van der Waals surface area contributed by atoms with Crippen LogP contribution >= 0.6 is 11.3 Å². The summed E-state index contributed by atoms with van der Waals surface area (Å²) in [7, 11) is 0. The van der Waals surface area contributed by atoms with Gasteiger partial charge in [-0.3, -0.25) is 4.68 Å². The standard InChI is InChI=1S/C20H21N5S/c1-14(2)25-10-17(9-22-25)20-19(16-7-5-4-6-8-16)21-13-24(20)11-18-12-26-15(3)23-18/h4-10,12-14H,11H2,1-3H3. The third-order valence-corrected chi connectivity index (χ3v) is 5.11. The third kappa shape index (κ3) is 3.20. The zero-order valence-corrected chi connectivity index (χ0v) is 15.9. The van der Waals surface area contributed by atoms with Crippen molar-refractivity contribution < 1.29 is 0 Å². The van der Waals surface area contributed by atoms with E-state index in [0.29, 0.717) is 12.6 Å². The fourth-order valence-electron chi connectivity index (χ4n) is 3.01. The van der Waals surface area contributed by atoms with Gasteiger partial charge in [-0.05, 0) is 20.8 Å². The number of hydrogen-bond donors (Lipinski definition) is 0. The summed E-state index contributed by atoms with van der Waals surface area (Å²) in [6.45, 7) is 6.99. The zero-order chi connectivity index (χ0) is 18.1. The van der Waals surface area contributed by atoms with Crippen LogP contribution in [0, 0.1) is 6.92 Å². The lowest BCUT2D eigenvalue weighted by atomic mass is 10.1. The van der Waals surface area contributed by atoms with Gasteiger partial charge in [0.1, 0.15) is 0 Å². The number of benzene rings is 1. The highest BCUT2D eigenvalue weighted by atomic mass is 32.1. The van der Waals surface area contributed by atoms with E-state index >= 15 is 0 Å². The van der Waals surface area contributed by atoms with E-state index in [4.69, 9.17) is 4.98 Å². The van der Waals surface area contributed by atoms with Crippen molar-refractivity contribution in [3.8, 4) is 22.5 Å². The van der Waals surface area contributed by atoms with Crippen LogP contribution in [0.25, 0.3) is 22.5 Å². The number of aromatic nitrogens is 5. The van der Waals surface area contributed by atoms with E-state index in [9.17, 15) is 0 Å². The number of thiazole rings is 1. The van der Waals surface area contributed by atoms with Gasteiger partial charge in [-0.25, -0.2) is 9.97 Å². The van der Waals surface area contributed by atoms with Crippen molar-refractivity contribution in [3.05, 3.63) is 65.1 Å². The van der Waals surface area contributed by atoms with E-state index < -0.39 is 0 Å². The maximum absolute atomic E-state index is 4.72. The fraction of sp³-hybridized carbons (Fsp3) is 0.250. The molecule has 132 valence electrons. The molecule has 3 aromatic heterocycles. The van der Waals surface area contributed by atoms with Gasteiger partial charge in [0.25, 0.3) is 0 Å². The zero-order valence-electron chi connectivity index (χ0n) is 15.1.